The first kappa shape index (κ1) is 14.7. The van der Waals surface area contributed by atoms with Crippen LogP contribution in [0.15, 0.2) is 41.3 Å². The van der Waals surface area contributed by atoms with Gasteiger partial charge in [-0.25, -0.2) is 17.2 Å². The molecule has 2 aromatic carbocycles. The third-order valence-corrected chi connectivity index (χ3v) is 4.57. The van der Waals surface area contributed by atoms with Gasteiger partial charge in [-0.2, -0.15) is 0 Å². The number of rotatable bonds is 3. The molecule has 0 unspecified atom stereocenters. The van der Waals surface area contributed by atoms with Gasteiger partial charge in [0, 0.05) is 5.69 Å². The summed E-state index contributed by atoms with van der Waals surface area (Å²) in [5, 5.41) is -0.0962. The highest BCUT2D eigenvalue weighted by Crippen LogP contribution is 2.22. The van der Waals surface area contributed by atoms with Crippen molar-refractivity contribution in [3.63, 3.8) is 0 Å². The van der Waals surface area contributed by atoms with Crippen LogP contribution < -0.4 is 5.73 Å². The van der Waals surface area contributed by atoms with Gasteiger partial charge in [0.25, 0.3) is 0 Å². The summed E-state index contributed by atoms with van der Waals surface area (Å²) in [7, 11) is -3.82. The van der Waals surface area contributed by atoms with E-state index in [4.69, 9.17) is 17.3 Å². The lowest BCUT2D eigenvalue weighted by molar-refractivity contribution is 0.590. The molecule has 0 spiro atoms. The first-order valence-corrected chi connectivity index (χ1v) is 7.54. The van der Waals surface area contributed by atoms with Crippen LogP contribution in [-0.2, 0) is 15.6 Å². The highest BCUT2D eigenvalue weighted by Gasteiger charge is 2.17. The molecular weight excluding hydrogens is 308 g/mol. The number of hydrogen-bond donors (Lipinski definition) is 1. The largest absolute Gasteiger partial charge is 0.399 e. The minimum absolute atomic E-state index is 0.00543. The molecule has 0 aliphatic rings. The smallest absolute Gasteiger partial charge is 0.182 e. The van der Waals surface area contributed by atoms with E-state index in [1.165, 1.54) is 12.1 Å². The Bertz CT molecular complexity index is 743. The van der Waals surface area contributed by atoms with E-state index >= 15 is 0 Å². The first-order chi connectivity index (χ1) is 9.28. The summed E-state index contributed by atoms with van der Waals surface area (Å²) in [6, 6.07) is 6.74. The number of nitrogens with two attached hydrogens (primary N) is 1. The van der Waals surface area contributed by atoms with E-state index in [0.717, 1.165) is 24.3 Å². The van der Waals surface area contributed by atoms with Crippen molar-refractivity contribution in [3.05, 3.63) is 58.6 Å². The molecule has 2 rings (SSSR count). The van der Waals surface area contributed by atoms with E-state index in [0.29, 0.717) is 0 Å². The molecule has 0 aliphatic heterocycles. The summed E-state index contributed by atoms with van der Waals surface area (Å²) in [5.41, 5.74) is 5.63. The van der Waals surface area contributed by atoms with E-state index in [1.54, 1.807) is 0 Å². The number of sulfone groups is 1. The van der Waals surface area contributed by atoms with Crippen LogP contribution >= 0.6 is 11.6 Å². The maximum absolute atomic E-state index is 13.3. The van der Waals surface area contributed by atoms with E-state index < -0.39 is 27.2 Å². The van der Waals surface area contributed by atoms with Crippen molar-refractivity contribution in [1.29, 1.82) is 0 Å². The second kappa shape index (κ2) is 5.38. The molecule has 0 fully saturated rings. The molecular formula is C13H10ClF2NO2S. The second-order valence-electron chi connectivity index (χ2n) is 4.23. The highest BCUT2D eigenvalue weighted by molar-refractivity contribution is 7.90. The zero-order valence-corrected chi connectivity index (χ0v) is 11.7. The van der Waals surface area contributed by atoms with Crippen molar-refractivity contribution < 1.29 is 17.2 Å². The monoisotopic (exact) mass is 317 g/mol. The van der Waals surface area contributed by atoms with Crippen LogP contribution in [0.25, 0.3) is 0 Å². The van der Waals surface area contributed by atoms with Crippen molar-refractivity contribution in [2.24, 2.45) is 0 Å². The number of hydrogen-bond acceptors (Lipinski definition) is 3. The molecule has 7 heteroatoms. The van der Waals surface area contributed by atoms with Crippen LogP contribution in [0.2, 0.25) is 5.02 Å². The summed E-state index contributed by atoms with van der Waals surface area (Å²) in [4.78, 5) is -0.245. The summed E-state index contributed by atoms with van der Waals surface area (Å²) in [6.45, 7) is 0. The maximum atomic E-state index is 13.3. The fraction of sp³-hybridized carbons (Fsp3) is 0.0769. The van der Waals surface area contributed by atoms with Crippen LogP contribution in [0.3, 0.4) is 0 Å². The van der Waals surface area contributed by atoms with Gasteiger partial charge in [-0.15, -0.1) is 0 Å². The summed E-state index contributed by atoms with van der Waals surface area (Å²) in [5.74, 6) is -1.92. The molecule has 0 heterocycles. The Morgan fingerprint density at radius 3 is 2.40 bits per heavy atom. The zero-order valence-electron chi connectivity index (χ0n) is 10.1. The summed E-state index contributed by atoms with van der Waals surface area (Å²) >= 11 is 5.52. The lowest BCUT2D eigenvalue weighted by Crippen LogP contribution is -2.06. The number of anilines is 1. The predicted octanol–water partition coefficient (Wildman–Crippen LogP) is 3.17. The average molecular weight is 318 g/mol. The van der Waals surface area contributed by atoms with E-state index in [9.17, 15) is 17.2 Å². The number of nitrogen functional groups attached to an aromatic ring is 1. The van der Waals surface area contributed by atoms with Gasteiger partial charge in [0.15, 0.2) is 9.84 Å². The fourth-order valence-electron chi connectivity index (χ4n) is 1.70. The molecule has 0 saturated heterocycles. The SMILES string of the molecule is Nc1cc(F)cc(S(=O)(=O)Cc2ccc(Cl)c(F)c2)c1. The predicted molar refractivity (Wildman–Crippen MR) is 73.1 cm³/mol. The van der Waals surface area contributed by atoms with Gasteiger partial charge in [-0.3, -0.25) is 0 Å². The topological polar surface area (TPSA) is 60.2 Å². The molecule has 0 aliphatic carbocycles. The van der Waals surface area contributed by atoms with Crippen molar-refractivity contribution in [3.8, 4) is 0 Å². The lowest BCUT2D eigenvalue weighted by atomic mass is 10.2. The van der Waals surface area contributed by atoms with Crippen LogP contribution in [0, 0.1) is 11.6 Å². The number of halogens is 3. The minimum Gasteiger partial charge on any atom is -0.399 e. The molecule has 0 saturated carbocycles. The Morgan fingerprint density at radius 1 is 1.10 bits per heavy atom. The molecule has 0 atom stereocenters. The normalized spacial score (nSPS) is 11.6. The van der Waals surface area contributed by atoms with E-state index in [-0.39, 0.29) is 21.2 Å². The molecule has 20 heavy (non-hydrogen) atoms. The molecule has 2 aromatic rings. The molecule has 3 nitrogen and oxygen atoms in total. The summed E-state index contributed by atoms with van der Waals surface area (Å²) in [6.07, 6.45) is 0. The average Bonchev–Trinajstić information content (AvgIpc) is 2.32. The van der Waals surface area contributed by atoms with Crippen molar-refractivity contribution >= 4 is 27.1 Å². The molecule has 0 radical (unpaired) electrons. The van der Waals surface area contributed by atoms with Gasteiger partial charge in [-0.1, -0.05) is 17.7 Å². The van der Waals surface area contributed by atoms with Gasteiger partial charge < -0.3 is 5.73 Å². The Balaban J connectivity index is 2.37. The van der Waals surface area contributed by atoms with Crippen LogP contribution in [0.1, 0.15) is 5.56 Å². The van der Waals surface area contributed by atoms with Crippen LogP contribution in [-0.4, -0.2) is 8.42 Å². The van der Waals surface area contributed by atoms with Crippen molar-refractivity contribution in [1.82, 2.24) is 0 Å². The Labute approximate surface area is 119 Å². The maximum Gasteiger partial charge on any atom is 0.182 e. The fourth-order valence-corrected chi connectivity index (χ4v) is 3.21. The van der Waals surface area contributed by atoms with Gasteiger partial charge in [0.1, 0.15) is 11.6 Å². The second-order valence-corrected chi connectivity index (χ2v) is 6.62. The standard InChI is InChI=1S/C13H10ClF2NO2S/c14-12-2-1-8(3-13(12)16)7-20(18,19)11-5-9(15)4-10(17)6-11/h1-6H,7,17H2. The quantitative estimate of drug-likeness (QED) is 0.884. The lowest BCUT2D eigenvalue weighted by Gasteiger charge is -2.07. The van der Waals surface area contributed by atoms with Crippen molar-refractivity contribution in [2.45, 2.75) is 10.6 Å². The number of benzene rings is 2. The Kier molecular flexibility index (Phi) is 3.96. The molecule has 0 aromatic heterocycles. The van der Waals surface area contributed by atoms with Crippen LogP contribution in [0.4, 0.5) is 14.5 Å². The molecule has 106 valence electrons. The van der Waals surface area contributed by atoms with Crippen molar-refractivity contribution in [2.75, 3.05) is 5.73 Å². The Hall–Kier alpha value is -1.66. The first-order valence-electron chi connectivity index (χ1n) is 5.51. The van der Waals surface area contributed by atoms with E-state index in [1.807, 2.05) is 0 Å². The molecule has 0 bridgehead atoms. The van der Waals surface area contributed by atoms with Gasteiger partial charge in [0.05, 0.1) is 15.7 Å². The molecule has 0 amide bonds. The van der Waals surface area contributed by atoms with Crippen LogP contribution in [0.5, 0.6) is 0 Å². The van der Waals surface area contributed by atoms with E-state index in [2.05, 4.69) is 0 Å². The summed E-state index contributed by atoms with van der Waals surface area (Å²) < 4.78 is 50.7. The van der Waals surface area contributed by atoms with Gasteiger partial charge >= 0.3 is 0 Å². The third kappa shape index (κ3) is 3.26. The third-order valence-electron chi connectivity index (χ3n) is 2.59. The minimum atomic E-state index is -3.82. The Morgan fingerprint density at radius 2 is 1.80 bits per heavy atom. The van der Waals surface area contributed by atoms with Gasteiger partial charge in [0.2, 0.25) is 0 Å². The molecule has 2 N–H and O–H groups in total. The zero-order chi connectivity index (χ0) is 14.9. The highest BCUT2D eigenvalue weighted by atomic mass is 35.5. The van der Waals surface area contributed by atoms with Gasteiger partial charge in [-0.05, 0) is 35.9 Å².